The molecule has 0 bridgehead atoms. The van der Waals surface area contributed by atoms with Gasteiger partial charge in [-0.25, -0.2) is 31.7 Å². The molecule has 1 aliphatic rings. The van der Waals surface area contributed by atoms with Gasteiger partial charge in [0.1, 0.15) is 22.6 Å². The number of hydrogen-bond acceptors (Lipinski definition) is 10. The Morgan fingerprint density at radius 2 is 1.88 bits per heavy atom. The summed E-state index contributed by atoms with van der Waals surface area (Å²) in [7, 11) is -1.49. The first-order valence-electron chi connectivity index (χ1n) is 16.5. The molecule has 12 nitrogen and oxygen atoms in total. The summed E-state index contributed by atoms with van der Waals surface area (Å²) >= 11 is 1.09. The molecule has 1 amide bonds. The van der Waals surface area contributed by atoms with Gasteiger partial charge in [0.2, 0.25) is 0 Å². The van der Waals surface area contributed by atoms with Crippen molar-refractivity contribution in [3.05, 3.63) is 105 Å². The van der Waals surface area contributed by atoms with E-state index in [1.54, 1.807) is 35.4 Å². The summed E-state index contributed by atoms with van der Waals surface area (Å²) in [5.74, 6) is -0.885. The maximum absolute atomic E-state index is 16.2. The van der Waals surface area contributed by atoms with Gasteiger partial charge < -0.3 is 23.5 Å². The van der Waals surface area contributed by atoms with Gasteiger partial charge in [0.25, 0.3) is 10.0 Å². The molecule has 3 heterocycles. The number of benzene rings is 3. The highest BCUT2D eigenvalue weighted by Gasteiger charge is 2.32. The number of oxazole rings is 1. The number of carbonyl (C=O) groups excluding carboxylic acids is 1. The van der Waals surface area contributed by atoms with Gasteiger partial charge in [-0.1, -0.05) is 30.3 Å². The molecule has 2 aromatic heterocycles. The number of thiazole rings is 1. The van der Waals surface area contributed by atoms with E-state index in [9.17, 15) is 18.0 Å². The minimum atomic E-state index is -4.46. The van der Waals surface area contributed by atoms with Gasteiger partial charge >= 0.3 is 11.8 Å². The largest absolute Gasteiger partial charge is 0.497 e. The van der Waals surface area contributed by atoms with Gasteiger partial charge in [-0.05, 0) is 69.0 Å². The average molecular weight is 751 g/mol. The van der Waals surface area contributed by atoms with E-state index < -0.39 is 44.2 Å². The van der Waals surface area contributed by atoms with Crippen molar-refractivity contribution >= 4 is 49.3 Å². The van der Waals surface area contributed by atoms with Crippen LogP contribution in [-0.4, -0.2) is 61.9 Å². The topological polar surface area (TPSA) is 133 Å². The van der Waals surface area contributed by atoms with E-state index in [1.165, 1.54) is 25.0 Å². The molecule has 0 N–H and O–H groups in total. The summed E-state index contributed by atoms with van der Waals surface area (Å²) < 4.78 is 68.8. The van der Waals surface area contributed by atoms with Gasteiger partial charge in [-0.3, -0.25) is 4.57 Å². The third-order valence-corrected chi connectivity index (χ3v) is 11.3. The Morgan fingerprint density at radius 1 is 1.12 bits per heavy atom. The molecule has 0 spiro atoms. The van der Waals surface area contributed by atoms with Crippen molar-refractivity contribution in [2.75, 3.05) is 31.6 Å². The van der Waals surface area contributed by atoms with E-state index in [0.717, 1.165) is 44.5 Å². The van der Waals surface area contributed by atoms with Crippen molar-refractivity contribution in [1.82, 2.24) is 14.5 Å². The fourth-order valence-corrected chi connectivity index (χ4v) is 8.45. The van der Waals surface area contributed by atoms with Gasteiger partial charge in [-0.15, -0.1) is 11.3 Å². The predicted molar refractivity (Wildman–Crippen MR) is 196 cm³/mol. The summed E-state index contributed by atoms with van der Waals surface area (Å²) in [6, 6.07) is 13.8. The molecule has 274 valence electrons. The van der Waals surface area contributed by atoms with Crippen LogP contribution in [0.15, 0.2) is 86.4 Å². The fraction of sp³-hybridized carbons (Fsp3) is 0.324. The second-order valence-corrected chi connectivity index (χ2v) is 15.9. The lowest BCUT2D eigenvalue weighted by Gasteiger charge is -2.30. The second kappa shape index (κ2) is 14.5. The average Bonchev–Trinajstić information content (AvgIpc) is 3.77. The Morgan fingerprint density at radius 3 is 2.54 bits per heavy atom. The lowest BCUT2D eigenvalue weighted by molar-refractivity contribution is 0.0270. The Labute approximate surface area is 304 Å². The molecule has 0 aliphatic carbocycles. The van der Waals surface area contributed by atoms with Crippen LogP contribution in [0.5, 0.6) is 11.5 Å². The molecule has 0 saturated carbocycles. The highest BCUT2D eigenvalue weighted by Crippen LogP contribution is 2.36. The maximum atomic E-state index is 16.2. The van der Waals surface area contributed by atoms with Crippen molar-refractivity contribution in [3.63, 3.8) is 0 Å². The third-order valence-electron chi connectivity index (χ3n) is 8.67. The highest BCUT2D eigenvalue weighted by atomic mass is 32.2. The summed E-state index contributed by atoms with van der Waals surface area (Å²) in [4.78, 5) is 31.5. The standard InChI is InChI=1S/C37H39FN4O8S2/c1-23(28-9-7-8-10-29(28)24-13-16-40(17-14-24)35(43)50-37(2,3)4)42-33-30(38)20-27(21-32(33)49-36(42)44)52(45,46)41(34-39-15-18-51-34)22-25-11-12-26(47-5)19-31(25)48-6/h7-13,15,18-21,23H,14,16-17,22H2,1-6H3. The van der Waals surface area contributed by atoms with Gasteiger partial charge in [0.15, 0.2) is 16.5 Å². The number of carbonyl (C=O) groups is 1. The van der Waals surface area contributed by atoms with Crippen molar-refractivity contribution < 1.29 is 36.2 Å². The number of rotatable bonds is 10. The van der Waals surface area contributed by atoms with Crippen LogP contribution in [0.4, 0.5) is 14.3 Å². The number of anilines is 1. The van der Waals surface area contributed by atoms with Crippen molar-refractivity contribution in [1.29, 1.82) is 0 Å². The Bertz CT molecular complexity index is 2310. The first-order valence-corrected chi connectivity index (χ1v) is 18.8. The molecule has 0 fully saturated rings. The molecule has 0 saturated heterocycles. The molecule has 1 unspecified atom stereocenters. The molecular weight excluding hydrogens is 712 g/mol. The normalized spacial score (nSPS) is 14.2. The van der Waals surface area contributed by atoms with Crippen LogP contribution in [0.25, 0.3) is 16.7 Å². The van der Waals surface area contributed by atoms with Crippen LogP contribution in [0.3, 0.4) is 0 Å². The molecule has 15 heteroatoms. The number of methoxy groups -OCH3 is 2. The Hall–Kier alpha value is -5.15. The molecule has 3 aromatic carbocycles. The number of hydrogen-bond donors (Lipinski definition) is 0. The second-order valence-electron chi connectivity index (χ2n) is 13.2. The van der Waals surface area contributed by atoms with E-state index in [1.807, 2.05) is 51.1 Å². The molecule has 6 rings (SSSR count). The monoisotopic (exact) mass is 750 g/mol. The number of fused-ring (bicyclic) bond motifs is 1. The summed E-state index contributed by atoms with van der Waals surface area (Å²) in [6.07, 6.45) is 3.56. The molecule has 5 aromatic rings. The first kappa shape index (κ1) is 36.6. The SMILES string of the molecule is COc1ccc(CN(c2nccs2)S(=O)(=O)c2cc(F)c3c(c2)oc(=O)n3C(C)c2ccccc2C2=CCN(C(=O)OC(C)(C)C)CC2)c(OC)c1. The number of amides is 1. The van der Waals surface area contributed by atoms with Gasteiger partial charge in [0.05, 0.1) is 31.7 Å². The summed E-state index contributed by atoms with van der Waals surface area (Å²) in [6.45, 7) is 7.79. The maximum Gasteiger partial charge on any atom is 0.420 e. The number of ether oxygens (including phenoxy) is 3. The van der Waals surface area contributed by atoms with Crippen molar-refractivity contribution in [3.8, 4) is 11.5 Å². The van der Waals surface area contributed by atoms with E-state index >= 15 is 4.39 Å². The lowest BCUT2D eigenvalue weighted by atomic mass is 9.92. The molecule has 1 aliphatic heterocycles. The fourth-order valence-electron chi connectivity index (χ4n) is 6.15. The quantitative estimate of drug-likeness (QED) is 0.145. The number of sulfonamides is 1. The number of halogens is 1. The zero-order chi connectivity index (χ0) is 37.4. The first-order chi connectivity index (χ1) is 24.7. The predicted octanol–water partition coefficient (Wildman–Crippen LogP) is 7.24. The van der Waals surface area contributed by atoms with Crippen LogP contribution in [0.2, 0.25) is 0 Å². The lowest BCUT2D eigenvalue weighted by Crippen LogP contribution is -2.39. The van der Waals surface area contributed by atoms with E-state index in [0.29, 0.717) is 36.6 Å². The molecule has 1 atom stereocenters. The van der Waals surface area contributed by atoms with Crippen LogP contribution in [0.1, 0.15) is 56.8 Å². The van der Waals surface area contributed by atoms with Crippen LogP contribution < -0.4 is 19.5 Å². The van der Waals surface area contributed by atoms with Crippen LogP contribution in [-0.2, 0) is 21.3 Å². The van der Waals surface area contributed by atoms with E-state index in [4.69, 9.17) is 18.6 Å². The molecule has 52 heavy (non-hydrogen) atoms. The van der Waals surface area contributed by atoms with Crippen molar-refractivity contribution in [2.45, 2.75) is 57.2 Å². The smallest absolute Gasteiger partial charge is 0.420 e. The zero-order valence-electron chi connectivity index (χ0n) is 29.6. The minimum Gasteiger partial charge on any atom is -0.497 e. The van der Waals surface area contributed by atoms with Crippen LogP contribution >= 0.6 is 11.3 Å². The van der Waals surface area contributed by atoms with Gasteiger partial charge in [-0.2, -0.15) is 0 Å². The van der Waals surface area contributed by atoms with Crippen molar-refractivity contribution in [2.24, 2.45) is 0 Å². The third kappa shape index (κ3) is 7.28. The van der Waals surface area contributed by atoms with Crippen LogP contribution in [0, 0.1) is 5.82 Å². The van der Waals surface area contributed by atoms with Gasteiger partial charge in [0, 0.05) is 42.4 Å². The minimum absolute atomic E-state index is 0.147. The number of aromatic nitrogens is 2. The summed E-state index contributed by atoms with van der Waals surface area (Å²) in [5, 5.41) is 1.78. The molecule has 0 radical (unpaired) electrons. The number of nitrogens with zero attached hydrogens (tertiary/aromatic N) is 4. The van der Waals surface area contributed by atoms with E-state index in [-0.39, 0.29) is 22.8 Å². The van der Waals surface area contributed by atoms with E-state index in [2.05, 4.69) is 4.98 Å². The molecular formula is C37H39FN4O8S2. The Kier molecular flexibility index (Phi) is 10.2. The highest BCUT2D eigenvalue weighted by molar-refractivity contribution is 7.93. The Balaban J connectivity index is 1.34. The zero-order valence-corrected chi connectivity index (χ0v) is 31.2. The summed E-state index contributed by atoms with van der Waals surface area (Å²) in [5.41, 5.74) is 2.04.